The van der Waals surface area contributed by atoms with Crippen molar-refractivity contribution >= 4 is 13.3 Å². The number of aliphatic hydroxyl groups excluding tert-OH is 2. The van der Waals surface area contributed by atoms with Crippen LogP contribution in [0, 0.1) is 0 Å². The van der Waals surface area contributed by atoms with Gasteiger partial charge in [-0.2, -0.15) is 0 Å². The highest BCUT2D eigenvalue weighted by Crippen LogP contribution is 2.49. The lowest BCUT2D eigenvalue weighted by atomic mass is 10.0. The molecule has 0 amide bonds. The number of unbranched alkanes of at least 4 members (excludes halogenated alkanes) is 16. The number of nitrogens with one attached hydrogen (secondary N) is 3. The number of nitrogens with zero attached hydrogens (tertiary/aromatic N) is 1. The minimum Gasteiger partial charge on any atom is -0.396 e. The van der Waals surface area contributed by atoms with E-state index >= 15 is 0 Å². The molecular weight excluding hydrogens is 567 g/mol. The molecule has 1 aromatic heterocycles. The Hall–Kier alpha value is -1.29. The van der Waals surface area contributed by atoms with Crippen LogP contribution in [-0.2, 0) is 13.6 Å². The maximum Gasteiger partial charge on any atom is 0.330 e. The Bertz CT molecular complexity index is 933. The summed E-state index contributed by atoms with van der Waals surface area (Å²) in [6.45, 7) is 3.98. The van der Waals surface area contributed by atoms with Crippen LogP contribution < -0.4 is 16.2 Å². The minimum absolute atomic E-state index is 0.0281. The van der Waals surface area contributed by atoms with Gasteiger partial charge in [-0.3, -0.25) is 9.36 Å². The van der Waals surface area contributed by atoms with Crippen LogP contribution in [0.25, 0.3) is 0 Å². The Balaban J connectivity index is 1.47. The Morgan fingerprint density at radius 2 is 1.47 bits per heavy atom. The normalized spacial score (nSPS) is 16.6. The SMILES string of the molecule is CCOP(=O)(CC[C@@H](CO)NCC1CNc2c1nc[nH]c2=O)OCCCCCCCCCCCCCCCCCCCO. The fourth-order valence-electron chi connectivity index (χ4n) is 5.70. The van der Waals surface area contributed by atoms with E-state index in [2.05, 4.69) is 20.6 Å². The fraction of sp³-hybridized carbons (Fsp3) is 0.875. The van der Waals surface area contributed by atoms with Crippen molar-refractivity contribution in [1.82, 2.24) is 15.3 Å². The Morgan fingerprint density at radius 3 is 2.00 bits per heavy atom. The summed E-state index contributed by atoms with van der Waals surface area (Å²) in [7, 11) is -3.22. The summed E-state index contributed by atoms with van der Waals surface area (Å²) in [6.07, 6.45) is 23.3. The summed E-state index contributed by atoms with van der Waals surface area (Å²) in [6, 6.07) is -0.248. The molecule has 2 unspecified atom stereocenters. The molecule has 1 aromatic rings. The van der Waals surface area contributed by atoms with E-state index in [9.17, 15) is 14.5 Å². The Kier molecular flexibility index (Phi) is 21.2. The zero-order chi connectivity index (χ0) is 31.0. The molecular formula is C32H61N4O6P. The summed E-state index contributed by atoms with van der Waals surface area (Å²) < 4.78 is 24.6. The number of aliphatic hydroxyl groups is 2. The lowest BCUT2D eigenvalue weighted by Gasteiger charge is -2.22. The molecule has 0 bridgehead atoms. The number of hydrogen-bond donors (Lipinski definition) is 5. The summed E-state index contributed by atoms with van der Waals surface area (Å²) in [5, 5.41) is 25.1. The van der Waals surface area contributed by atoms with E-state index in [4.69, 9.17) is 14.2 Å². The second-order valence-corrected chi connectivity index (χ2v) is 14.2. The van der Waals surface area contributed by atoms with E-state index < -0.39 is 7.60 Å². The zero-order valence-electron chi connectivity index (χ0n) is 26.8. The smallest absolute Gasteiger partial charge is 0.330 e. The first-order valence-corrected chi connectivity index (χ1v) is 18.9. The monoisotopic (exact) mass is 628 g/mol. The van der Waals surface area contributed by atoms with Crippen LogP contribution in [0.1, 0.15) is 134 Å². The van der Waals surface area contributed by atoms with Crippen LogP contribution in [-0.4, -0.2) is 71.9 Å². The summed E-state index contributed by atoms with van der Waals surface area (Å²) in [5.74, 6) is 0.0281. The largest absolute Gasteiger partial charge is 0.396 e. The van der Waals surface area contributed by atoms with Crippen molar-refractivity contribution in [1.29, 1.82) is 0 Å². The molecule has 5 N–H and O–H groups in total. The number of aromatic nitrogens is 2. The second-order valence-electron chi connectivity index (χ2n) is 12.0. The number of H-pyrrole nitrogens is 1. The molecule has 250 valence electrons. The van der Waals surface area contributed by atoms with Gasteiger partial charge >= 0.3 is 7.60 Å². The molecule has 0 fully saturated rings. The van der Waals surface area contributed by atoms with Crippen LogP contribution in [0.15, 0.2) is 11.1 Å². The molecule has 0 saturated carbocycles. The van der Waals surface area contributed by atoms with E-state index in [1.165, 1.54) is 96.2 Å². The molecule has 2 rings (SSSR count). The molecule has 2 heterocycles. The van der Waals surface area contributed by atoms with E-state index in [0.29, 0.717) is 45.0 Å². The van der Waals surface area contributed by atoms with Gasteiger partial charge in [0, 0.05) is 31.7 Å². The van der Waals surface area contributed by atoms with Crippen molar-refractivity contribution in [2.45, 2.75) is 134 Å². The van der Waals surface area contributed by atoms with Gasteiger partial charge in [0.2, 0.25) is 0 Å². The molecule has 0 radical (unpaired) electrons. The van der Waals surface area contributed by atoms with Crippen molar-refractivity contribution in [3.63, 3.8) is 0 Å². The molecule has 0 saturated heterocycles. The van der Waals surface area contributed by atoms with E-state index in [-0.39, 0.29) is 30.3 Å². The van der Waals surface area contributed by atoms with Crippen molar-refractivity contribution in [3.05, 3.63) is 22.4 Å². The third-order valence-electron chi connectivity index (χ3n) is 8.34. The maximum absolute atomic E-state index is 13.3. The van der Waals surface area contributed by atoms with Crippen LogP contribution in [0.2, 0.25) is 0 Å². The number of hydrogen-bond acceptors (Lipinski definition) is 9. The lowest BCUT2D eigenvalue weighted by Crippen LogP contribution is -2.36. The number of rotatable bonds is 29. The van der Waals surface area contributed by atoms with Crippen molar-refractivity contribution < 1.29 is 23.8 Å². The van der Waals surface area contributed by atoms with Gasteiger partial charge in [0.1, 0.15) is 5.69 Å². The molecule has 1 aliphatic rings. The number of anilines is 1. The average molecular weight is 629 g/mol. The average Bonchev–Trinajstić information content (AvgIpc) is 3.43. The van der Waals surface area contributed by atoms with Gasteiger partial charge in [0.25, 0.3) is 5.56 Å². The van der Waals surface area contributed by atoms with Gasteiger partial charge in [0.05, 0.1) is 38.0 Å². The summed E-state index contributed by atoms with van der Waals surface area (Å²) in [5.41, 5.74) is 1.07. The van der Waals surface area contributed by atoms with Gasteiger partial charge < -0.3 is 34.9 Å². The molecule has 3 atom stereocenters. The van der Waals surface area contributed by atoms with Crippen LogP contribution in [0.4, 0.5) is 5.69 Å². The van der Waals surface area contributed by atoms with E-state index in [1.54, 1.807) is 0 Å². The van der Waals surface area contributed by atoms with Gasteiger partial charge in [-0.25, -0.2) is 4.98 Å². The molecule has 1 aliphatic heterocycles. The van der Waals surface area contributed by atoms with Crippen LogP contribution in [0.5, 0.6) is 0 Å². The fourth-order valence-corrected chi connectivity index (χ4v) is 7.46. The highest BCUT2D eigenvalue weighted by molar-refractivity contribution is 7.53. The first-order chi connectivity index (χ1) is 21.0. The minimum atomic E-state index is -3.22. The molecule has 10 nitrogen and oxygen atoms in total. The first kappa shape index (κ1) is 37.9. The third-order valence-corrected chi connectivity index (χ3v) is 10.4. The third kappa shape index (κ3) is 16.6. The molecule has 0 spiro atoms. The topological polar surface area (TPSA) is 146 Å². The van der Waals surface area contributed by atoms with Crippen molar-refractivity contribution in [2.75, 3.05) is 51.0 Å². The molecule has 0 aliphatic carbocycles. The quantitative estimate of drug-likeness (QED) is 0.0496. The van der Waals surface area contributed by atoms with Gasteiger partial charge in [0.15, 0.2) is 0 Å². The standard InChI is InChI=1S/C32H61N4O6P/c1-2-41-43(40,23-20-29(26-38)33-24-28-25-34-31-30(28)35-27-36-32(31)39)42-22-19-17-15-13-11-9-7-5-3-4-6-8-10-12-14-16-18-21-37/h27-29,33-34,37-38H,2-26H2,1H3,(H,35,36,39)/t28?,29-,43?/m0/s1. The van der Waals surface area contributed by atoms with Gasteiger partial charge in [-0.1, -0.05) is 96.3 Å². The molecule has 0 aromatic carbocycles. The molecule has 43 heavy (non-hydrogen) atoms. The second kappa shape index (κ2) is 24.0. The Morgan fingerprint density at radius 1 is 0.907 bits per heavy atom. The zero-order valence-corrected chi connectivity index (χ0v) is 27.7. The summed E-state index contributed by atoms with van der Waals surface area (Å²) >= 11 is 0. The predicted molar refractivity (Wildman–Crippen MR) is 175 cm³/mol. The van der Waals surface area contributed by atoms with E-state index in [1.807, 2.05) is 6.92 Å². The Labute approximate surface area is 260 Å². The first-order valence-electron chi connectivity index (χ1n) is 17.2. The van der Waals surface area contributed by atoms with Crippen LogP contribution >= 0.6 is 7.60 Å². The number of aromatic amines is 1. The maximum atomic E-state index is 13.3. The summed E-state index contributed by atoms with van der Waals surface area (Å²) in [4.78, 5) is 18.8. The van der Waals surface area contributed by atoms with Gasteiger partial charge in [-0.05, 0) is 26.2 Å². The lowest BCUT2D eigenvalue weighted by molar-refractivity contribution is 0.201. The van der Waals surface area contributed by atoms with Crippen molar-refractivity contribution in [3.8, 4) is 0 Å². The van der Waals surface area contributed by atoms with E-state index in [0.717, 1.165) is 25.0 Å². The van der Waals surface area contributed by atoms with Gasteiger partial charge in [-0.15, -0.1) is 0 Å². The van der Waals surface area contributed by atoms with Crippen molar-refractivity contribution in [2.24, 2.45) is 0 Å². The highest BCUT2D eigenvalue weighted by atomic mass is 31.2. The predicted octanol–water partition coefficient (Wildman–Crippen LogP) is 6.49. The highest BCUT2D eigenvalue weighted by Gasteiger charge is 2.28. The molecule has 11 heteroatoms. The van der Waals surface area contributed by atoms with Crippen LogP contribution in [0.3, 0.4) is 0 Å². The number of fused-ring (bicyclic) bond motifs is 1.